The third-order valence-corrected chi connectivity index (χ3v) is 8.96. The molecule has 0 aromatic heterocycles. The molecule has 2 aromatic carbocycles. The molecule has 3 amide bonds. The zero-order valence-corrected chi connectivity index (χ0v) is 27.6. The van der Waals surface area contributed by atoms with E-state index < -0.39 is 41.6 Å². The molecular formula is C36H49F2N3O6. The van der Waals surface area contributed by atoms with Crippen LogP contribution in [0, 0.1) is 29.4 Å². The Hall–Kier alpha value is -3.86. The molecule has 1 aliphatic carbocycles. The van der Waals surface area contributed by atoms with E-state index in [-0.39, 0.29) is 47.6 Å². The SMILES string of the molecule is CCCN(CCC)C(=O)c1cccc(C(=O)N[C@@H](Cc2cc(F)cc(F)c2)[C@@H](O)C[C@@H](CC)C(=O)NCC2CCC(C(=O)O)CC2)c1. The molecule has 0 spiro atoms. The van der Waals surface area contributed by atoms with Gasteiger partial charge in [-0.2, -0.15) is 0 Å². The summed E-state index contributed by atoms with van der Waals surface area (Å²) in [4.78, 5) is 52.8. The van der Waals surface area contributed by atoms with Crippen molar-refractivity contribution in [1.82, 2.24) is 15.5 Å². The zero-order valence-electron chi connectivity index (χ0n) is 27.6. The average Bonchev–Trinajstić information content (AvgIpc) is 3.05. The molecule has 0 radical (unpaired) electrons. The first-order valence-electron chi connectivity index (χ1n) is 16.8. The number of amides is 3. The highest BCUT2D eigenvalue weighted by Gasteiger charge is 2.30. The summed E-state index contributed by atoms with van der Waals surface area (Å²) in [6, 6.07) is 8.29. The number of aliphatic hydroxyl groups excluding tert-OH is 1. The fourth-order valence-corrected chi connectivity index (χ4v) is 6.27. The van der Waals surface area contributed by atoms with Gasteiger partial charge in [0.05, 0.1) is 18.1 Å². The Labute approximate surface area is 276 Å². The first-order chi connectivity index (χ1) is 22.4. The highest BCUT2D eigenvalue weighted by atomic mass is 19.1. The fraction of sp³-hybridized carbons (Fsp3) is 0.556. The maximum Gasteiger partial charge on any atom is 0.306 e. The van der Waals surface area contributed by atoms with Crippen LogP contribution in [-0.4, -0.2) is 70.6 Å². The van der Waals surface area contributed by atoms with Gasteiger partial charge in [-0.3, -0.25) is 19.2 Å². The molecule has 0 bridgehead atoms. The number of benzene rings is 2. The molecule has 1 aliphatic rings. The number of carboxylic acids is 1. The Morgan fingerprint density at radius 2 is 1.53 bits per heavy atom. The van der Waals surface area contributed by atoms with Gasteiger partial charge in [-0.1, -0.05) is 26.8 Å². The van der Waals surface area contributed by atoms with Crippen LogP contribution in [0.15, 0.2) is 42.5 Å². The van der Waals surface area contributed by atoms with Gasteiger partial charge in [0.15, 0.2) is 0 Å². The molecule has 258 valence electrons. The first-order valence-corrected chi connectivity index (χ1v) is 16.8. The second kappa shape index (κ2) is 18.5. The van der Waals surface area contributed by atoms with Crippen LogP contribution in [0.3, 0.4) is 0 Å². The summed E-state index contributed by atoms with van der Waals surface area (Å²) in [7, 11) is 0. The van der Waals surface area contributed by atoms with Crippen molar-refractivity contribution >= 4 is 23.7 Å². The van der Waals surface area contributed by atoms with Gasteiger partial charge in [-0.25, -0.2) is 8.78 Å². The number of hydrogen-bond donors (Lipinski definition) is 4. The van der Waals surface area contributed by atoms with Crippen LogP contribution in [0.5, 0.6) is 0 Å². The van der Waals surface area contributed by atoms with Crippen molar-refractivity contribution in [2.45, 2.75) is 90.7 Å². The minimum Gasteiger partial charge on any atom is -0.481 e. The minimum absolute atomic E-state index is 0.0155. The molecule has 1 fully saturated rings. The van der Waals surface area contributed by atoms with Crippen molar-refractivity contribution in [3.05, 3.63) is 70.8 Å². The van der Waals surface area contributed by atoms with Crippen LogP contribution in [0.25, 0.3) is 0 Å². The molecule has 11 heteroatoms. The van der Waals surface area contributed by atoms with Crippen LogP contribution < -0.4 is 10.6 Å². The van der Waals surface area contributed by atoms with Crippen LogP contribution in [0.1, 0.15) is 98.4 Å². The van der Waals surface area contributed by atoms with Crippen molar-refractivity contribution in [3.63, 3.8) is 0 Å². The summed E-state index contributed by atoms with van der Waals surface area (Å²) >= 11 is 0. The Balaban J connectivity index is 1.74. The number of aliphatic carboxylic acids is 1. The van der Waals surface area contributed by atoms with Crippen molar-refractivity contribution in [2.75, 3.05) is 19.6 Å². The summed E-state index contributed by atoms with van der Waals surface area (Å²) in [5.41, 5.74) is 0.761. The molecule has 47 heavy (non-hydrogen) atoms. The van der Waals surface area contributed by atoms with E-state index in [1.165, 1.54) is 6.07 Å². The van der Waals surface area contributed by atoms with Gasteiger partial charge in [0.25, 0.3) is 11.8 Å². The lowest BCUT2D eigenvalue weighted by Gasteiger charge is -2.29. The van der Waals surface area contributed by atoms with E-state index in [9.17, 15) is 38.2 Å². The Morgan fingerprint density at radius 1 is 0.915 bits per heavy atom. The lowest BCUT2D eigenvalue weighted by atomic mass is 9.82. The number of nitrogens with one attached hydrogen (secondary N) is 2. The normalized spacial score (nSPS) is 18.1. The van der Waals surface area contributed by atoms with Crippen LogP contribution >= 0.6 is 0 Å². The number of aliphatic hydroxyl groups is 1. The number of rotatable bonds is 17. The third kappa shape index (κ3) is 11.4. The average molecular weight is 658 g/mol. The molecule has 3 rings (SSSR count). The van der Waals surface area contributed by atoms with Gasteiger partial charge < -0.3 is 25.7 Å². The molecule has 0 aliphatic heterocycles. The molecule has 0 heterocycles. The van der Waals surface area contributed by atoms with Crippen LogP contribution in [-0.2, 0) is 16.0 Å². The molecule has 9 nitrogen and oxygen atoms in total. The van der Waals surface area contributed by atoms with Crippen molar-refractivity contribution in [3.8, 4) is 0 Å². The molecule has 4 N–H and O–H groups in total. The van der Waals surface area contributed by atoms with Crippen molar-refractivity contribution < 1.29 is 38.2 Å². The molecule has 3 atom stereocenters. The van der Waals surface area contributed by atoms with Gasteiger partial charge in [0.1, 0.15) is 11.6 Å². The van der Waals surface area contributed by atoms with Crippen molar-refractivity contribution in [1.29, 1.82) is 0 Å². The Kier molecular flexibility index (Phi) is 14.8. The predicted molar refractivity (Wildman–Crippen MR) is 175 cm³/mol. The third-order valence-electron chi connectivity index (χ3n) is 8.96. The number of carbonyl (C=O) groups is 4. The van der Waals surface area contributed by atoms with Crippen LogP contribution in [0.4, 0.5) is 8.78 Å². The first kappa shape index (κ1) is 37.6. The number of carbonyl (C=O) groups excluding carboxylic acids is 3. The second-order valence-corrected chi connectivity index (χ2v) is 12.6. The monoisotopic (exact) mass is 657 g/mol. The Bertz CT molecular complexity index is 1340. The second-order valence-electron chi connectivity index (χ2n) is 12.6. The minimum atomic E-state index is -1.25. The summed E-state index contributed by atoms with van der Waals surface area (Å²) in [5.74, 6) is -4.19. The number of carboxylic acid groups (broad SMARTS) is 1. The highest BCUT2D eigenvalue weighted by molar-refractivity contribution is 5.99. The molecule has 0 unspecified atom stereocenters. The maximum absolute atomic E-state index is 14.1. The lowest BCUT2D eigenvalue weighted by Crippen LogP contribution is -2.47. The predicted octanol–water partition coefficient (Wildman–Crippen LogP) is 5.35. The molecule has 2 aromatic rings. The van der Waals surface area contributed by atoms with Crippen LogP contribution in [0.2, 0.25) is 0 Å². The molecule has 1 saturated carbocycles. The van der Waals surface area contributed by atoms with Crippen molar-refractivity contribution in [2.24, 2.45) is 17.8 Å². The highest BCUT2D eigenvalue weighted by Crippen LogP contribution is 2.28. The molecule has 0 saturated heterocycles. The maximum atomic E-state index is 14.1. The number of nitrogens with zero attached hydrogens (tertiary/aromatic N) is 1. The zero-order chi connectivity index (χ0) is 34.5. The summed E-state index contributed by atoms with van der Waals surface area (Å²) < 4.78 is 28.1. The van der Waals surface area contributed by atoms with Gasteiger partial charge in [-0.15, -0.1) is 0 Å². The largest absolute Gasteiger partial charge is 0.481 e. The Morgan fingerprint density at radius 3 is 2.11 bits per heavy atom. The van der Waals surface area contributed by atoms with E-state index in [1.54, 1.807) is 23.1 Å². The number of halogens is 2. The van der Waals surface area contributed by atoms with Gasteiger partial charge in [0, 0.05) is 42.7 Å². The van der Waals surface area contributed by atoms with E-state index >= 15 is 0 Å². The van der Waals surface area contributed by atoms with E-state index in [0.29, 0.717) is 57.3 Å². The van der Waals surface area contributed by atoms with Gasteiger partial charge in [0.2, 0.25) is 5.91 Å². The van der Waals surface area contributed by atoms with E-state index in [0.717, 1.165) is 31.0 Å². The van der Waals surface area contributed by atoms with Gasteiger partial charge >= 0.3 is 5.97 Å². The topological polar surface area (TPSA) is 136 Å². The molecular weight excluding hydrogens is 608 g/mol. The summed E-state index contributed by atoms with van der Waals surface area (Å²) in [5, 5.41) is 26.4. The van der Waals surface area contributed by atoms with E-state index in [4.69, 9.17) is 0 Å². The fourth-order valence-electron chi connectivity index (χ4n) is 6.27. The van der Waals surface area contributed by atoms with Gasteiger partial charge in [-0.05, 0) is 99.6 Å². The summed E-state index contributed by atoms with van der Waals surface area (Å²) in [6.07, 6.45) is 3.16. The quantitative estimate of drug-likeness (QED) is 0.181. The summed E-state index contributed by atoms with van der Waals surface area (Å²) in [6.45, 7) is 7.35. The number of hydrogen-bond acceptors (Lipinski definition) is 5. The smallest absolute Gasteiger partial charge is 0.306 e. The standard InChI is InChI=1S/C36H49F2N3O6/c1-4-14-41(15-5-2)35(45)28-9-7-8-27(19-28)34(44)40-31(18-24-16-29(37)21-30(38)17-24)32(42)20-25(6-3)33(43)39-22-23-10-12-26(13-11-23)36(46)47/h7-9,16-17,19,21,23,25-26,31-32,42H,4-6,10-15,18,20,22H2,1-3H3,(H,39,43)(H,40,44)(H,46,47)/t23?,25-,26?,31+,32+/m1/s1. The lowest BCUT2D eigenvalue weighted by molar-refractivity contribution is -0.143. The van der Waals surface area contributed by atoms with E-state index in [1.807, 2.05) is 20.8 Å². The van der Waals surface area contributed by atoms with E-state index in [2.05, 4.69) is 10.6 Å².